The van der Waals surface area contributed by atoms with Crippen molar-refractivity contribution in [2.24, 2.45) is 5.73 Å². The van der Waals surface area contributed by atoms with E-state index in [-0.39, 0.29) is 0 Å². The highest BCUT2D eigenvalue weighted by molar-refractivity contribution is 7.80. The molecule has 0 aromatic rings. The Hall–Kier alpha value is -0.260. The molecule has 7 heavy (non-hydrogen) atoms. The van der Waals surface area contributed by atoms with Gasteiger partial charge in [-0.3, -0.25) is 0 Å². The Balaban J connectivity index is 3.55. The van der Waals surface area contributed by atoms with Crippen molar-refractivity contribution in [2.75, 3.05) is 0 Å². The zero-order chi connectivity index (χ0) is 5.86. The van der Waals surface area contributed by atoms with E-state index in [9.17, 15) is 4.21 Å². The van der Waals surface area contributed by atoms with Crippen LogP contribution in [0.15, 0.2) is 0 Å². The average molecular weight is 122 g/mol. The summed E-state index contributed by atoms with van der Waals surface area (Å²) < 4.78 is 17.8. The molecule has 2 unspecified atom stereocenters. The lowest BCUT2D eigenvalue weighted by Crippen LogP contribution is -2.25. The highest BCUT2D eigenvalue weighted by Crippen LogP contribution is 1.74. The van der Waals surface area contributed by atoms with Crippen LogP contribution in [-0.4, -0.2) is 20.4 Å². The Labute approximate surface area is 43.5 Å². The van der Waals surface area contributed by atoms with Crippen LogP contribution in [-0.2, 0) is 11.1 Å². The molecule has 0 amide bonds. The summed E-state index contributed by atoms with van der Waals surface area (Å²) in [4.78, 5) is 0. The fourth-order valence-electron chi connectivity index (χ4n) is 0.0582. The molecule has 5 heteroatoms. The molecule has 4 nitrogen and oxygen atoms in total. The molecule has 42 valence electrons. The summed E-state index contributed by atoms with van der Waals surface area (Å²) in [5.74, 6) is 0. The third-order valence-corrected chi connectivity index (χ3v) is 0.999. The maximum Gasteiger partial charge on any atom is 0.176 e. The standard InChI is InChI=1S/C2H6N2O2S/c3-1-2(4)7(5)6/h1-3H,4H2,(H,5,6). The first-order valence-electron chi connectivity index (χ1n) is 1.54. The van der Waals surface area contributed by atoms with Gasteiger partial charge < -0.3 is 15.7 Å². The lowest BCUT2D eigenvalue weighted by atomic mass is 10.8. The van der Waals surface area contributed by atoms with Crippen LogP contribution in [0.4, 0.5) is 0 Å². The van der Waals surface area contributed by atoms with Gasteiger partial charge in [0.05, 0.1) is 0 Å². The van der Waals surface area contributed by atoms with Crippen molar-refractivity contribution in [2.45, 2.75) is 5.37 Å². The largest absolute Gasteiger partial charge is 0.311 e. The van der Waals surface area contributed by atoms with E-state index < -0.39 is 16.5 Å². The topological polar surface area (TPSA) is 87.2 Å². The smallest absolute Gasteiger partial charge is 0.176 e. The maximum absolute atomic E-state index is 9.77. The van der Waals surface area contributed by atoms with E-state index in [0.717, 1.165) is 6.21 Å². The predicted octanol–water partition coefficient (Wildman–Crippen LogP) is -0.858. The molecule has 4 N–H and O–H groups in total. The number of nitrogens with one attached hydrogen (secondary N) is 1. The number of rotatable bonds is 2. The second kappa shape index (κ2) is 2.84. The monoisotopic (exact) mass is 122 g/mol. The van der Waals surface area contributed by atoms with Crippen molar-refractivity contribution >= 4 is 17.3 Å². The molecule has 0 aliphatic carbocycles. The van der Waals surface area contributed by atoms with Gasteiger partial charge in [-0.1, -0.05) is 0 Å². The van der Waals surface area contributed by atoms with Gasteiger partial charge in [0.1, 0.15) is 5.37 Å². The highest BCUT2D eigenvalue weighted by Gasteiger charge is 2.00. The Bertz CT molecular complexity index is 93.7. The van der Waals surface area contributed by atoms with Crippen molar-refractivity contribution in [3.63, 3.8) is 0 Å². The van der Waals surface area contributed by atoms with Gasteiger partial charge in [0.25, 0.3) is 0 Å². The predicted molar refractivity (Wildman–Crippen MR) is 27.5 cm³/mol. The molecule has 0 aliphatic rings. The van der Waals surface area contributed by atoms with Gasteiger partial charge in [-0.05, 0) is 0 Å². The van der Waals surface area contributed by atoms with E-state index >= 15 is 0 Å². The van der Waals surface area contributed by atoms with Gasteiger partial charge in [0.2, 0.25) is 0 Å². The van der Waals surface area contributed by atoms with Gasteiger partial charge in [-0.2, -0.15) is 0 Å². The first-order chi connectivity index (χ1) is 3.18. The molecule has 0 bridgehead atoms. The summed E-state index contributed by atoms with van der Waals surface area (Å²) in [6, 6.07) is 0. The molecular formula is C2H6N2O2S. The molecule has 0 fully saturated rings. The molecule has 0 aliphatic heterocycles. The lowest BCUT2D eigenvalue weighted by Gasteiger charge is -1.92. The van der Waals surface area contributed by atoms with Crippen molar-refractivity contribution in [3.8, 4) is 0 Å². The lowest BCUT2D eigenvalue weighted by molar-refractivity contribution is 0.560. The van der Waals surface area contributed by atoms with Crippen LogP contribution in [0.25, 0.3) is 0 Å². The van der Waals surface area contributed by atoms with E-state index in [2.05, 4.69) is 0 Å². The molecule has 0 rings (SSSR count). The quantitative estimate of drug-likeness (QED) is 0.329. The number of hydrogen-bond donors (Lipinski definition) is 3. The van der Waals surface area contributed by atoms with Crippen LogP contribution < -0.4 is 5.73 Å². The van der Waals surface area contributed by atoms with Crippen LogP contribution in [0, 0.1) is 5.41 Å². The number of hydrogen-bond acceptors (Lipinski definition) is 3. The first kappa shape index (κ1) is 6.74. The fraction of sp³-hybridized carbons (Fsp3) is 0.500. The van der Waals surface area contributed by atoms with Gasteiger partial charge in [0, 0.05) is 6.21 Å². The Morgan fingerprint density at radius 3 is 2.43 bits per heavy atom. The van der Waals surface area contributed by atoms with Gasteiger partial charge >= 0.3 is 0 Å². The van der Waals surface area contributed by atoms with Crippen LogP contribution in [0.5, 0.6) is 0 Å². The molecule has 2 atom stereocenters. The summed E-state index contributed by atoms with van der Waals surface area (Å²) in [5.41, 5.74) is 4.82. The minimum absolute atomic E-state index is 0.718. The highest BCUT2D eigenvalue weighted by atomic mass is 32.2. The van der Waals surface area contributed by atoms with Crippen LogP contribution in [0.2, 0.25) is 0 Å². The molecule has 0 heterocycles. The van der Waals surface area contributed by atoms with Crippen LogP contribution in [0.3, 0.4) is 0 Å². The maximum atomic E-state index is 9.77. The average Bonchev–Trinajstić information content (AvgIpc) is 1.65. The zero-order valence-corrected chi connectivity index (χ0v) is 4.31. The van der Waals surface area contributed by atoms with Crippen molar-refractivity contribution in [1.82, 2.24) is 0 Å². The normalized spacial score (nSPS) is 18.0. The first-order valence-corrected chi connectivity index (χ1v) is 2.71. The molecular weight excluding hydrogens is 116 g/mol. The molecule has 0 spiro atoms. The van der Waals surface area contributed by atoms with Gasteiger partial charge in [-0.25, -0.2) is 4.21 Å². The SMILES string of the molecule is N=CC(N)S(=O)O. The molecule has 0 aromatic carbocycles. The van der Waals surface area contributed by atoms with Crippen molar-refractivity contribution < 1.29 is 8.76 Å². The third kappa shape index (κ3) is 2.44. The Kier molecular flexibility index (Phi) is 2.73. The van der Waals surface area contributed by atoms with Crippen molar-refractivity contribution in [1.29, 1.82) is 5.41 Å². The van der Waals surface area contributed by atoms with E-state index in [1.165, 1.54) is 0 Å². The Morgan fingerprint density at radius 1 is 2.00 bits per heavy atom. The van der Waals surface area contributed by atoms with Gasteiger partial charge in [0.15, 0.2) is 11.1 Å². The zero-order valence-electron chi connectivity index (χ0n) is 3.50. The summed E-state index contributed by atoms with van der Waals surface area (Å²) in [6.45, 7) is 0. The van der Waals surface area contributed by atoms with Gasteiger partial charge in [-0.15, -0.1) is 0 Å². The molecule has 0 radical (unpaired) electrons. The van der Waals surface area contributed by atoms with E-state index in [1.54, 1.807) is 0 Å². The minimum atomic E-state index is -2.08. The van der Waals surface area contributed by atoms with E-state index in [0.29, 0.717) is 0 Å². The Morgan fingerprint density at radius 2 is 2.43 bits per heavy atom. The minimum Gasteiger partial charge on any atom is -0.311 e. The summed E-state index contributed by atoms with van der Waals surface area (Å²) in [7, 11) is 0. The van der Waals surface area contributed by atoms with E-state index in [1.807, 2.05) is 0 Å². The summed E-state index contributed by atoms with van der Waals surface area (Å²) >= 11 is -2.08. The van der Waals surface area contributed by atoms with Crippen molar-refractivity contribution in [3.05, 3.63) is 0 Å². The molecule has 0 saturated heterocycles. The molecule has 0 saturated carbocycles. The summed E-state index contributed by atoms with van der Waals surface area (Å²) in [5, 5.41) is 5.31. The molecule has 0 aromatic heterocycles. The van der Waals surface area contributed by atoms with Crippen LogP contribution >= 0.6 is 0 Å². The second-order valence-corrected chi connectivity index (χ2v) is 2.00. The van der Waals surface area contributed by atoms with Crippen LogP contribution in [0.1, 0.15) is 0 Å². The third-order valence-electron chi connectivity index (χ3n) is 0.397. The summed E-state index contributed by atoms with van der Waals surface area (Å²) in [6.07, 6.45) is 0.718. The number of nitrogens with two attached hydrogens (primary N) is 1. The van der Waals surface area contributed by atoms with E-state index in [4.69, 9.17) is 15.7 Å². The second-order valence-electron chi connectivity index (χ2n) is 0.907. The fourth-order valence-corrected chi connectivity index (χ4v) is 0.175.